The minimum absolute atomic E-state index is 0.0304. The van der Waals surface area contributed by atoms with Crippen LogP contribution in [0.4, 0.5) is 0 Å². The van der Waals surface area contributed by atoms with Crippen LogP contribution in [0.2, 0.25) is 0 Å². The van der Waals surface area contributed by atoms with E-state index in [1.54, 1.807) is 0 Å². The molecule has 0 bridgehead atoms. The van der Waals surface area contributed by atoms with Crippen LogP contribution in [0, 0.1) is 5.92 Å². The number of benzene rings is 2. The Morgan fingerprint density at radius 1 is 0.968 bits per heavy atom. The number of fused-ring (bicyclic) bond motifs is 1. The second-order valence-corrected chi connectivity index (χ2v) is 11.9. The van der Waals surface area contributed by atoms with E-state index >= 15 is 0 Å². The van der Waals surface area contributed by atoms with Gasteiger partial charge in [0.1, 0.15) is 0 Å². The Kier molecular flexibility index (Phi) is 6.50. The average molecular weight is 465 g/mol. The molecule has 2 heterocycles. The summed E-state index contributed by atoms with van der Waals surface area (Å²) >= 11 is 0. The molecule has 2 aromatic carbocycles. The van der Waals surface area contributed by atoms with Crippen molar-refractivity contribution in [2.24, 2.45) is 5.92 Å². The van der Waals surface area contributed by atoms with Crippen LogP contribution in [0.3, 0.4) is 0 Å². The summed E-state index contributed by atoms with van der Waals surface area (Å²) in [6, 6.07) is 13.3. The molecule has 2 aromatic rings. The van der Waals surface area contributed by atoms with Crippen molar-refractivity contribution >= 4 is 20.0 Å². The zero-order valence-electron chi connectivity index (χ0n) is 17.5. The Morgan fingerprint density at radius 3 is 2.32 bits per heavy atom. The highest BCUT2D eigenvalue weighted by molar-refractivity contribution is 7.89. The van der Waals surface area contributed by atoms with Gasteiger partial charge in [-0.2, -0.15) is 4.31 Å². The maximum atomic E-state index is 12.8. The first kappa shape index (κ1) is 22.4. The number of piperidine rings is 1. The summed E-state index contributed by atoms with van der Waals surface area (Å²) in [6.45, 7) is 3.77. The van der Waals surface area contributed by atoms with E-state index in [1.807, 2.05) is 24.3 Å². The Morgan fingerprint density at radius 2 is 1.61 bits per heavy atom. The van der Waals surface area contributed by atoms with E-state index in [2.05, 4.69) is 11.6 Å². The van der Waals surface area contributed by atoms with Crippen molar-refractivity contribution in [3.05, 3.63) is 59.7 Å². The highest BCUT2D eigenvalue weighted by Crippen LogP contribution is 2.27. The van der Waals surface area contributed by atoms with E-state index in [4.69, 9.17) is 4.74 Å². The predicted molar refractivity (Wildman–Crippen MR) is 118 cm³/mol. The number of sulfonamides is 2. The van der Waals surface area contributed by atoms with Crippen LogP contribution in [0.5, 0.6) is 0 Å². The Bertz CT molecular complexity index is 1120. The fraction of sp³-hybridized carbons (Fsp3) is 0.455. The van der Waals surface area contributed by atoms with Crippen molar-refractivity contribution in [3.63, 3.8) is 0 Å². The number of hydrogen-bond donors (Lipinski definition) is 1. The van der Waals surface area contributed by atoms with Gasteiger partial charge in [0.15, 0.2) is 0 Å². The van der Waals surface area contributed by atoms with Gasteiger partial charge in [-0.15, -0.1) is 0 Å². The first-order valence-electron chi connectivity index (χ1n) is 10.6. The number of ether oxygens (including phenoxy) is 1. The molecule has 7 nitrogen and oxygen atoms in total. The molecule has 31 heavy (non-hydrogen) atoms. The van der Waals surface area contributed by atoms with Crippen molar-refractivity contribution in [2.45, 2.75) is 42.1 Å². The maximum absolute atomic E-state index is 12.8. The van der Waals surface area contributed by atoms with Gasteiger partial charge in [-0.05, 0) is 60.6 Å². The summed E-state index contributed by atoms with van der Waals surface area (Å²) < 4.78 is 61.1. The van der Waals surface area contributed by atoms with Crippen molar-refractivity contribution in [3.8, 4) is 0 Å². The summed E-state index contributed by atoms with van der Waals surface area (Å²) in [6.07, 6.45) is 2.13. The molecule has 9 heteroatoms. The van der Waals surface area contributed by atoms with Gasteiger partial charge in [0.25, 0.3) is 0 Å². The molecule has 0 spiro atoms. The quantitative estimate of drug-likeness (QED) is 0.710. The van der Waals surface area contributed by atoms with Crippen molar-refractivity contribution in [1.29, 1.82) is 0 Å². The minimum Gasteiger partial charge on any atom is -0.372 e. The molecule has 2 aliphatic rings. The molecule has 1 atom stereocenters. The van der Waals surface area contributed by atoms with Gasteiger partial charge in [-0.1, -0.05) is 31.2 Å². The minimum atomic E-state index is -3.80. The second kappa shape index (κ2) is 8.99. The summed E-state index contributed by atoms with van der Waals surface area (Å²) in [4.78, 5) is 0.147. The lowest BCUT2D eigenvalue weighted by atomic mass is 9.98. The predicted octanol–water partition coefficient (Wildman–Crippen LogP) is 2.70. The monoisotopic (exact) mass is 464 g/mol. The molecular formula is C22H28N2O5S2. The number of hydrogen-bond acceptors (Lipinski definition) is 5. The maximum Gasteiger partial charge on any atom is 0.243 e. The van der Waals surface area contributed by atoms with Crippen LogP contribution in [0.25, 0.3) is 0 Å². The van der Waals surface area contributed by atoms with E-state index in [9.17, 15) is 16.8 Å². The molecule has 1 N–H and O–H groups in total. The lowest BCUT2D eigenvalue weighted by Crippen LogP contribution is -2.37. The third kappa shape index (κ3) is 4.85. The molecular weight excluding hydrogens is 436 g/mol. The van der Waals surface area contributed by atoms with E-state index in [1.165, 1.54) is 34.1 Å². The van der Waals surface area contributed by atoms with E-state index in [0.29, 0.717) is 25.6 Å². The lowest BCUT2D eigenvalue weighted by Gasteiger charge is -2.29. The number of nitrogens with one attached hydrogen (secondary N) is 1. The number of rotatable bonds is 6. The molecule has 1 fully saturated rings. The molecule has 0 unspecified atom stereocenters. The number of nitrogens with zero attached hydrogens (tertiary/aromatic N) is 1. The molecule has 1 saturated heterocycles. The summed E-state index contributed by atoms with van der Waals surface area (Å²) in [7, 11) is -7.41. The standard InChI is InChI=1S/C22H28N2O5S2/c1-17-10-13-24(14-11-17)31(27,28)20-8-6-19(7-9-20)30(25,26)23-16-22-21-5-3-2-4-18(21)12-15-29-22/h2-9,17,22-23H,10-16H2,1H3/t22-/m1/s1. The van der Waals surface area contributed by atoms with Crippen LogP contribution < -0.4 is 4.72 Å². The third-order valence-electron chi connectivity index (χ3n) is 6.07. The van der Waals surface area contributed by atoms with Gasteiger partial charge >= 0.3 is 0 Å². The van der Waals surface area contributed by atoms with E-state index in [0.717, 1.165) is 24.8 Å². The fourth-order valence-electron chi connectivity index (χ4n) is 4.08. The SMILES string of the molecule is CC1CCN(S(=O)(=O)c2ccc(S(=O)(=O)NC[C@H]3OCCc4ccccc43)cc2)CC1. The van der Waals surface area contributed by atoms with Crippen molar-refractivity contribution < 1.29 is 21.6 Å². The first-order chi connectivity index (χ1) is 14.8. The molecule has 0 aromatic heterocycles. The van der Waals surface area contributed by atoms with Gasteiger partial charge in [0.05, 0.1) is 22.5 Å². The smallest absolute Gasteiger partial charge is 0.243 e. The highest BCUT2D eigenvalue weighted by atomic mass is 32.2. The Hall–Kier alpha value is -1.78. The normalized spacial score (nSPS) is 21.0. The van der Waals surface area contributed by atoms with Crippen LogP contribution in [-0.4, -0.2) is 47.4 Å². The molecule has 0 saturated carbocycles. The summed E-state index contributed by atoms with van der Waals surface area (Å²) in [5.74, 6) is 0.519. The van der Waals surface area contributed by atoms with Crippen molar-refractivity contribution in [2.75, 3.05) is 26.2 Å². The Labute approximate surface area is 184 Å². The molecule has 2 aliphatic heterocycles. The molecule has 4 rings (SSSR count). The summed E-state index contributed by atoms with van der Waals surface area (Å²) in [5, 5.41) is 0. The zero-order chi connectivity index (χ0) is 22.1. The largest absolute Gasteiger partial charge is 0.372 e. The second-order valence-electron chi connectivity index (χ2n) is 8.22. The van der Waals surface area contributed by atoms with Crippen LogP contribution in [-0.2, 0) is 31.2 Å². The molecule has 0 aliphatic carbocycles. The lowest BCUT2D eigenvalue weighted by molar-refractivity contribution is 0.0460. The van der Waals surface area contributed by atoms with Gasteiger partial charge in [-0.3, -0.25) is 0 Å². The summed E-state index contributed by atoms with van der Waals surface area (Å²) in [5.41, 5.74) is 2.16. The molecule has 0 radical (unpaired) electrons. The first-order valence-corrected chi connectivity index (χ1v) is 13.5. The van der Waals surface area contributed by atoms with Gasteiger partial charge in [0.2, 0.25) is 20.0 Å². The fourth-order valence-corrected chi connectivity index (χ4v) is 6.58. The molecule has 168 valence electrons. The van der Waals surface area contributed by atoms with Crippen LogP contribution >= 0.6 is 0 Å². The van der Waals surface area contributed by atoms with E-state index in [-0.39, 0.29) is 22.4 Å². The van der Waals surface area contributed by atoms with Crippen molar-refractivity contribution in [1.82, 2.24) is 9.03 Å². The Balaban J connectivity index is 1.45. The highest BCUT2D eigenvalue weighted by Gasteiger charge is 2.29. The average Bonchev–Trinajstić information content (AvgIpc) is 2.78. The van der Waals surface area contributed by atoms with Gasteiger partial charge < -0.3 is 4.74 Å². The topological polar surface area (TPSA) is 92.8 Å². The zero-order valence-corrected chi connectivity index (χ0v) is 19.2. The van der Waals surface area contributed by atoms with E-state index < -0.39 is 20.0 Å². The van der Waals surface area contributed by atoms with Crippen LogP contribution in [0.15, 0.2) is 58.3 Å². The third-order valence-corrected chi connectivity index (χ3v) is 9.42. The van der Waals surface area contributed by atoms with Gasteiger partial charge in [-0.25, -0.2) is 21.6 Å². The van der Waals surface area contributed by atoms with Crippen LogP contribution in [0.1, 0.15) is 37.0 Å². The molecule has 0 amide bonds. The van der Waals surface area contributed by atoms with Gasteiger partial charge in [0, 0.05) is 19.6 Å².